The summed E-state index contributed by atoms with van der Waals surface area (Å²) in [6.45, 7) is 8.76. The Morgan fingerprint density at radius 1 is 1.05 bits per heavy atom. The first kappa shape index (κ1) is 27.3. The van der Waals surface area contributed by atoms with Gasteiger partial charge in [0.1, 0.15) is 17.4 Å². The third kappa shape index (κ3) is 5.70. The van der Waals surface area contributed by atoms with E-state index in [1.165, 1.54) is 6.08 Å². The van der Waals surface area contributed by atoms with Crippen LogP contribution >= 0.6 is 0 Å². The molecule has 0 aliphatic carbocycles. The zero-order valence-electron chi connectivity index (χ0n) is 23.6. The number of fused-ring (bicyclic) bond motifs is 1. The highest BCUT2D eigenvalue weighted by Crippen LogP contribution is 2.54. The molecule has 0 bridgehead atoms. The Balaban J connectivity index is 1.59. The summed E-state index contributed by atoms with van der Waals surface area (Å²) in [7, 11) is 0. The molecule has 0 saturated carbocycles. The van der Waals surface area contributed by atoms with E-state index in [1.54, 1.807) is 6.08 Å². The highest BCUT2D eigenvalue weighted by Gasteiger charge is 2.57. The molecule has 0 amide bonds. The number of benzene rings is 2. The van der Waals surface area contributed by atoms with Crippen LogP contribution in [0.15, 0.2) is 78.9 Å². The molecule has 5 heteroatoms. The third-order valence-electron chi connectivity index (χ3n) is 7.62. The molecule has 2 unspecified atom stereocenters. The molecule has 2 aliphatic heterocycles. The van der Waals surface area contributed by atoms with E-state index in [9.17, 15) is 4.79 Å². The van der Waals surface area contributed by atoms with Crippen molar-refractivity contribution in [3.05, 3.63) is 107 Å². The Bertz CT molecular complexity index is 1260. The number of rotatable bonds is 8. The van der Waals surface area contributed by atoms with Gasteiger partial charge in [-0.15, -0.1) is 0 Å². The number of carbonyl (C=O) groups excluding carboxylic acids is 1. The minimum atomic E-state index is -0.600. The van der Waals surface area contributed by atoms with Crippen molar-refractivity contribution in [2.75, 3.05) is 6.54 Å². The molecule has 0 spiro atoms. The van der Waals surface area contributed by atoms with E-state index in [-0.39, 0.29) is 18.2 Å². The van der Waals surface area contributed by atoms with Crippen LogP contribution in [0.1, 0.15) is 87.7 Å². The molecule has 1 aromatic heterocycles. The lowest BCUT2D eigenvalue weighted by Crippen LogP contribution is -2.40. The van der Waals surface area contributed by atoms with Gasteiger partial charge in [0.25, 0.3) is 0 Å². The van der Waals surface area contributed by atoms with E-state index in [0.717, 1.165) is 66.7 Å². The summed E-state index contributed by atoms with van der Waals surface area (Å²) >= 11 is 0. The van der Waals surface area contributed by atoms with Crippen LogP contribution in [-0.2, 0) is 26.3 Å². The number of hydrogen-bond acceptors (Lipinski definition) is 5. The number of pyridine rings is 1. The molecule has 3 heterocycles. The number of nitrogens with zero attached hydrogens (tertiary/aromatic N) is 2. The van der Waals surface area contributed by atoms with Crippen LogP contribution in [0, 0.1) is 0 Å². The van der Waals surface area contributed by atoms with Crippen LogP contribution in [0.25, 0.3) is 6.08 Å². The van der Waals surface area contributed by atoms with Crippen LogP contribution in [0.3, 0.4) is 0 Å². The second-order valence-electron chi connectivity index (χ2n) is 11.6. The first-order chi connectivity index (χ1) is 18.8. The SMILES string of the molecule is CCCCc1ccc(C2OC(c3ccccc3)(c3ccccc3)C3CCCN23)c(/C=C/C(=O)OC(C)(C)C)n1. The maximum absolute atomic E-state index is 12.6. The fourth-order valence-electron chi connectivity index (χ4n) is 5.98. The Kier molecular flexibility index (Phi) is 8.01. The van der Waals surface area contributed by atoms with E-state index in [0.29, 0.717) is 0 Å². The molecule has 2 aromatic carbocycles. The van der Waals surface area contributed by atoms with Crippen LogP contribution in [0.2, 0.25) is 0 Å². The van der Waals surface area contributed by atoms with Gasteiger partial charge in [0.2, 0.25) is 0 Å². The van der Waals surface area contributed by atoms with Crippen molar-refractivity contribution >= 4 is 12.0 Å². The Hall–Kier alpha value is -3.28. The number of carbonyl (C=O) groups is 1. The van der Waals surface area contributed by atoms with Crippen LogP contribution < -0.4 is 0 Å². The average Bonchev–Trinajstić information content (AvgIpc) is 3.53. The van der Waals surface area contributed by atoms with Gasteiger partial charge in [-0.1, -0.05) is 80.1 Å². The summed E-state index contributed by atoms with van der Waals surface area (Å²) in [5, 5.41) is 0. The summed E-state index contributed by atoms with van der Waals surface area (Å²) in [6.07, 6.45) is 8.24. The van der Waals surface area contributed by atoms with Gasteiger partial charge in [-0.05, 0) is 69.7 Å². The van der Waals surface area contributed by atoms with Crippen molar-refractivity contribution in [1.82, 2.24) is 9.88 Å². The van der Waals surface area contributed by atoms with Crippen LogP contribution in [-0.4, -0.2) is 34.0 Å². The van der Waals surface area contributed by atoms with Gasteiger partial charge >= 0.3 is 5.97 Å². The molecule has 2 saturated heterocycles. The predicted octanol–water partition coefficient (Wildman–Crippen LogP) is 7.22. The van der Waals surface area contributed by atoms with Crippen LogP contribution in [0.5, 0.6) is 0 Å². The van der Waals surface area contributed by atoms with Gasteiger partial charge in [0, 0.05) is 23.9 Å². The normalized spacial score (nSPS) is 20.8. The fourth-order valence-corrected chi connectivity index (χ4v) is 5.98. The molecule has 2 fully saturated rings. The number of ether oxygens (including phenoxy) is 2. The lowest BCUT2D eigenvalue weighted by Gasteiger charge is -2.34. The molecule has 3 aromatic rings. The van der Waals surface area contributed by atoms with Gasteiger partial charge in [-0.2, -0.15) is 0 Å². The quantitative estimate of drug-likeness (QED) is 0.230. The molecular formula is C34H40N2O3. The Labute approximate surface area is 232 Å². The predicted molar refractivity (Wildman–Crippen MR) is 155 cm³/mol. The highest BCUT2D eigenvalue weighted by molar-refractivity contribution is 5.87. The summed E-state index contributed by atoms with van der Waals surface area (Å²) in [5.74, 6) is -0.372. The van der Waals surface area contributed by atoms with E-state index in [2.05, 4.69) is 84.6 Å². The van der Waals surface area contributed by atoms with Gasteiger partial charge in [0.15, 0.2) is 0 Å². The van der Waals surface area contributed by atoms with Crippen molar-refractivity contribution in [2.45, 2.75) is 83.3 Å². The number of esters is 1. The number of hydrogen-bond donors (Lipinski definition) is 0. The van der Waals surface area contributed by atoms with Gasteiger partial charge in [-0.25, -0.2) is 4.79 Å². The Morgan fingerprint density at radius 2 is 1.72 bits per heavy atom. The third-order valence-corrected chi connectivity index (χ3v) is 7.62. The van der Waals surface area contributed by atoms with Crippen molar-refractivity contribution in [2.24, 2.45) is 0 Å². The second kappa shape index (κ2) is 11.4. The number of aromatic nitrogens is 1. The highest BCUT2D eigenvalue weighted by atomic mass is 16.6. The molecule has 39 heavy (non-hydrogen) atoms. The summed E-state index contributed by atoms with van der Waals surface area (Å²) in [5.41, 5.74) is 3.94. The van der Waals surface area contributed by atoms with Crippen molar-refractivity contribution < 1.29 is 14.3 Å². The zero-order chi connectivity index (χ0) is 27.5. The van der Waals surface area contributed by atoms with Crippen molar-refractivity contribution in [1.29, 1.82) is 0 Å². The summed E-state index contributed by atoms with van der Waals surface area (Å²) in [4.78, 5) is 20.1. The van der Waals surface area contributed by atoms with E-state index < -0.39 is 11.2 Å². The zero-order valence-corrected chi connectivity index (χ0v) is 23.6. The molecule has 0 radical (unpaired) electrons. The standard InChI is InChI=1S/C34H40N2O3/c1-5-6-18-27-20-21-28(29(35-27)22-23-31(37)38-33(2,3)4)32-36-24-13-19-30(36)34(39-32,25-14-9-7-10-15-25)26-16-11-8-12-17-26/h7-12,14-17,20-23,30,32H,5-6,13,18-19,24H2,1-4H3/b23-22+. The smallest absolute Gasteiger partial charge is 0.331 e. The molecule has 5 rings (SSSR count). The largest absolute Gasteiger partial charge is 0.457 e. The monoisotopic (exact) mass is 524 g/mol. The van der Waals surface area contributed by atoms with E-state index >= 15 is 0 Å². The molecule has 2 atom stereocenters. The molecule has 0 N–H and O–H groups in total. The fraction of sp³-hybridized carbons (Fsp3) is 0.412. The maximum Gasteiger partial charge on any atom is 0.331 e. The number of aryl methyl sites for hydroxylation is 1. The summed E-state index contributed by atoms with van der Waals surface area (Å²) < 4.78 is 12.8. The lowest BCUT2D eigenvalue weighted by atomic mass is 9.79. The van der Waals surface area contributed by atoms with E-state index in [1.807, 2.05) is 20.8 Å². The van der Waals surface area contributed by atoms with Crippen molar-refractivity contribution in [3.63, 3.8) is 0 Å². The molecule has 5 nitrogen and oxygen atoms in total. The average molecular weight is 525 g/mol. The van der Waals surface area contributed by atoms with Gasteiger partial charge in [0.05, 0.1) is 11.7 Å². The maximum atomic E-state index is 12.6. The Morgan fingerprint density at radius 3 is 2.33 bits per heavy atom. The topological polar surface area (TPSA) is 51.7 Å². The van der Waals surface area contributed by atoms with Gasteiger partial charge < -0.3 is 9.47 Å². The van der Waals surface area contributed by atoms with Gasteiger partial charge in [-0.3, -0.25) is 9.88 Å². The number of unbranched alkanes of at least 4 members (excludes halogenated alkanes) is 1. The molecule has 204 valence electrons. The van der Waals surface area contributed by atoms with E-state index in [4.69, 9.17) is 14.5 Å². The lowest BCUT2D eigenvalue weighted by molar-refractivity contribution is -0.148. The summed E-state index contributed by atoms with van der Waals surface area (Å²) in [6, 6.07) is 25.7. The molecule has 2 aliphatic rings. The first-order valence-electron chi connectivity index (χ1n) is 14.3. The minimum Gasteiger partial charge on any atom is -0.457 e. The second-order valence-corrected chi connectivity index (χ2v) is 11.6. The van der Waals surface area contributed by atoms with Crippen LogP contribution in [0.4, 0.5) is 0 Å². The first-order valence-corrected chi connectivity index (χ1v) is 14.3. The molecular weight excluding hydrogens is 484 g/mol. The van der Waals surface area contributed by atoms with Crippen molar-refractivity contribution in [3.8, 4) is 0 Å². The minimum absolute atomic E-state index is 0.190.